The van der Waals surface area contributed by atoms with Crippen molar-refractivity contribution in [3.05, 3.63) is 52.5 Å². The molecule has 0 radical (unpaired) electrons. The number of benzene rings is 2. The molecule has 0 aromatic heterocycles. The second-order valence-corrected chi connectivity index (χ2v) is 5.18. The van der Waals surface area contributed by atoms with E-state index in [1.807, 2.05) is 24.3 Å². The van der Waals surface area contributed by atoms with Crippen molar-refractivity contribution in [1.82, 2.24) is 0 Å². The zero-order valence-corrected chi connectivity index (χ0v) is 12.9. The maximum atomic E-state index is 6.07. The van der Waals surface area contributed by atoms with E-state index in [0.717, 1.165) is 11.4 Å². The number of ether oxygens (including phenoxy) is 1. The molecule has 0 saturated heterocycles. The van der Waals surface area contributed by atoms with E-state index in [1.54, 1.807) is 25.3 Å². The van der Waals surface area contributed by atoms with E-state index in [4.69, 9.17) is 40.2 Å². The second kappa shape index (κ2) is 6.79. The number of hydrogen-bond donors (Lipinski definition) is 2. The van der Waals surface area contributed by atoms with Gasteiger partial charge in [-0.2, -0.15) is 0 Å². The Labute approximate surface area is 132 Å². The van der Waals surface area contributed by atoms with Gasteiger partial charge in [0.2, 0.25) is 0 Å². The zero-order chi connectivity index (χ0) is 14.5. The number of thiocarbonyl (C=S) groups is 1. The molecule has 6 heteroatoms. The summed E-state index contributed by atoms with van der Waals surface area (Å²) in [6.07, 6.45) is 0. The van der Waals surface area contributed by atoms with E-state index in [-0.39, 0.29) is 0 Å². The average molecular weight is 327 g/mol. The molecule has 0 unspecified atom stereocenters. The normalized spacial score (nSPS) is 9.95. The van der Waals surface area contributed by atoms with Crippen LogP contribution >= 0.6 is 35.4 Å². The molecule has 2 aromatic rings. The average Bonchev–Trinajstić information content (AvgIpc) is 2.43. The Morgan fingerprint density at radius 2 is 1.75 bits per heavy atom. The third-order valence-corrected chi connectivity index (χ3v) is 3.28. The minimum Gasteiger partial charge on any atom is -0.497 e. The van der Waals surface area contributed by atoms with Crippen molar-refractivity contribution >= 4 is 51.9 Å². The first-order chi connectivity index (χ1) is 9.58. The number of halogens is 2. The molecule has 0 heterocycles. The molecule has 20 heavy (non-hydrogen) atoms. The van der Waals surface area contributed by atoms with Crippen molar-refractivity contribution in [3.8, 4) is 5.75 Å². The molecule has 0 atom stereocenters. The number of hydrogen-bond acceptors (Lipinski definition) is 2. The van der Waals surface area contributed by atoms with Gasteiger partial charge >= 0.3 is 0 Å². The summed E-state index contributed by atoms with van der Waals surface area (Å²) in [6, 6.07) is 12.6. The van der Waals surface area contributed by atoms with Gasteiger partial charge in [0.05, 0.1) is 17.8 Å². The van der Waals surface area contributed by atoms with Gasteiger partial charge in [-0.15, -0.1) is 0 Å². The number of nitrogens with one attached hydrogen (secondary N) is 2. The Bertz CT molecular complexity index is 617. The highest BCUT2D eigenvalue weighted by Crippen LogP contribution is 2.25. The van der Waals surface area contributed by atoms with Gasteiger partial charge < -0.3 is 15.4 Å². The molecule has 0 bridgehead atoms. The Kier molecular flexibility index (Phi) is 5.06. The largest absolute Gasteiger partial charge is 0.497 e. The Hall–Kier alpha value is -1.49. The third-order valence-electron chi connectivity index (χ3n) is 2.53. The molecule has 0 spiro atoms. The molecule has 104 valence electrons. The molecule has 2 rings (SSSR count). The van der Waals surface area contributed by atoms with E-state index < -0.39 is 0 Å². The van der Waals surface area contributed by atoms with Gasteiger partial charge in [0.15, 0.2) is 5.11 Å². The first-order valence-corrected chi connectivity index (χ1v) is 6.92. The lowest BCUT2D eigenvalue weighted by Gasteiger charge is -2.12. The highest BCUT2D eigenvalue weighted by molar-refractivity contribution is 7.80. The minimum atomic E-state index is 0.444. The van der Waals surface area contributed by atoms with E-state index in [9.17, 15) is 0 Å². The van der Waals surface area contributed by atoms with E-state index in [0.29, 0.717) is 20.8 Å². The Morgan fingerprint density at radius 3 is 2.35 bits per heavy atom. The van der Waals surface area contributed by atoms with Gasteiger partial charge in [0.1, 0.15) is 5.75 Å². The molecule has 2 N–H and O–H groups in total. The summed E-state index contributed by atoms with van der Waals surface area (Å²) in [7, 11) is 1.62. The third kappa shape index (κ3) is 4.00. The van der Waals surface area contributed by atoms with Crippen LogP contribution < -0.4 is 15.4 Å². The van der Waals surface area contributed by atoms with Crippen LogP contribution in [0.5, 0.6) is 5.75 Å². The van der Waals surface area contributed by atoms with Crippen LogP contribution in [0.4, 0.5) is 11.4 Å². The van der Waals surface area contributed by atoms with E-state index in [2.05, 4.69) is 10.6 Å². The first kappa shape index (κ1) is 14.9. The molecule has 0 aliphatic rings. The van der Waals surface area contributed by atoms with Gasteiger partial charge in [-0.05, 0) is 54.7 Å². The fraction of sp³-hybridized carbons (Fsp3) is 0.0714. The van der Waals surface area contributed by atoms with Crippen LogP contribution in [0.15, 0.2) is 42.5 Å². The minimum absolute atomic E-state index is 0.444. The molecule has 3 nitrogen and oxygen atoms in total. The molecule has 0 aliphatic heterocycles. The lowest BCUT2D eigenvalue weighted by molar-refractivity contribution is 0.415. The van der Waals surface area contributed by atoms with E-state index in [1.165, 1.54) is 0 Å². The predicted octanol–water partition coefficient (Wildman–Crippen LogP) is 4.81. The van der Waals surface area contributed by atoms with Crippen LogP contribution in [-0.4, -0.2) is 12.2 Å². The maximum absolute atomic E-state index is 6.07. The fourth-order valence-electron chi connectivity index (χ4n) is 1.55. The lowest BCUT2D eigenvalue weighted by Crippen LogP contribution is -2.19. The number of methoxy groups -OCH3 is 1. The van der Waals surface area contributed by atoms with Gasteiger partial charge in [-0.25, -0.2) is 0 Å². The molecule has 0 amide bonds. The molecule has 0 saturated carbocycles. The van der Waals surface area contributed by atoms with Crippen LogP contribution in [0.2, 0.25) is 10.0 Å². The SMILES string of the molecule is COc1ccc(NC(=S)Nc2ccc(Cl)cc2Cl)cc1. The Balaban J connectivity index is 2.01. The summed E-state index contributed by atoms with van der Waals surface area (Å²) in [6.45, 7) is 0. The van der Waals surface area contributed by atoms with Gasteiger partial charge in [-0.1, -0.05) is 23.2 Å². The monoisotopic (exact) mass is 326 g/mol. The van der Waals surface area contributed by atoms with Crippen LogP contribution in [-0.2, 0) is 0 Å². The standard InChI is InChI=1S/C14H12Cl2N2OS/c1-19-11-5-3-10(4-6-11)17-14(20)18-13-7-2-9(15)8-12(13)16/h2-8H,1H3,(H2,17,18,20). The van der Waals surface area contributed by atoms with Crippen LogP contribution in [0.25, 0.3) is 0 Å². The lowest BCUT2D eigenvalue weighted by atomic mass is 10.3. The summed E-state index contributed by atoms with van der Waals surface area (Å²) in [4.78, 5) is 0. The summed E-state index contributed by atoms with van der Waals surface area (Å²) >= 11 is 17.1. The molecule has 0 aliphatic carbocycles. The van der Waals surface area contributed by atoms with Crippen molar-refractivity contribution < 1.29 is 4.74 Å². The van der Waals surface area contributed by atoms with E-state index >= 15 is 0 Å². The van der Waals surface area contributed by atoms with Crippen LogP contribution in [0.3, 0.4) is 0 Å². The molecule has 2 aromatic carbocycles. The van der Waals surface area contributed by atoms with Crippen molar-refractivity contribution in [2.45, 2.75) is 0 Å². The van der Waals surface area contributed by atoms with Crippen LogP contribution in [0, 0.1) is 0 Å². The fourth-order valence-corrected chi connectivity index (χ4v) is 2.23. The quantitative estimate of drug-likeness (QED) is 0.793. The Morgan fingerprint density at radius 1 is 1.05 bits per heavy atom. The summed E-state index contributed by atoms with van der Waals surface area (Å²) in [5.74, 6) is 0.787. The van der Waals surface area contributed by atoms with Gasteiger partial charge in [-0.3, -0.25) is 0 Å². The smallest absolute Gasteiger partial charge is 0.175 e. The predicted molar refractivity (Wildman–Crippen MR) is 89.3 cm³/mol. The van der Waals surface area contributed by atoms with Gasteiger partial charge in [0.25, 0.3) is 0 Å². The number of rotatable bonds is 3. The van der Waals surface area contributed by atoms with Crippen molar-refractivity contribution in [2.75, 3.05) is 17.7 Å². The zero-order valence-electron chi connectivity index (χ0n) is 10.6. The van der Waals surface area contributed by atoms with Crippen molar-refractivity contribution in [2.24, 2.45) is 0 Å². The van der Waals surface area contributed by atoms with Gasteiger partial charge in [0, 0.05) is 10.7 Å². The second-order valence-electron chi connectivity index (χ2n) is 3.93. The summed E-state index contributed by atoms with van der Waals surface area (Å²) in [5, 5.41) is 7.60. The van der Waals surface area contributed by atoms with Crippen molar-refractivity contribution in [1.29, 1.82) is 0 Å². The van der Waals surface area contributed by atoms with Crippen LogP contribution in [0.1, 0.15) is 0 Å². The number of anilines is 2. The highest BCUT2D eigenvalue weighted by atomic mass is 35.5. The molecule has 0 fully saturated rings. The van der Waals surface area contributed by atoms with Crippen molar-refractivity contribution in [3.63, 3.8) is 0 Å². The first-order valence-electron chi connectivity index (χ1n) is 5.75. The summed E-state index contributed by atoms with van der Waals surface area (Å²) in [5.41, 5.74) is 1.55. The molecular formula is C14H12Cl2N2OS. The summed E-state index contributed by atoms with van der Waals surface area (Å²) < 4.78 is 5.09. The maximum Gasteiger partial charge on any atom is 0.175 e. The molecular weight excluding hydrogens is 315 g/mol. The topological polar surface area (TPSA) is 33.3 Å². The highest BCUT2D eigenvalue weighted by Gasteiger charge is 2.04.